The number of aromatic nitrogens is 2. The van der Waals surface area contributed by atoms with Crippen molar-refractivity contribution in [3.63, 3.8) is 0 Å². The molecule has 0 radical (unpaired) electrons. The Morgan fingerprint density at radius 3 is 2.54 bits per heavy atom. The summed E-state index contributed by atoms with van der Waals surface area (Å²) in [4.78, 5) is 25.0. The van der Waals surface area contributed by atoms with Crippen molar-refractivity contribution in [2.45, 2.75) is 0 Å². The topological polar surface area (TPSA) is 96.6 Å². The molecule has 37 heavy (non-hydrogen) atoms. The lowest BCUT2D eigenvalue weighted by molar-refractivity contribution is -0.112. The van der Waals surface area contributed by atoms with E-state index < -0.39 is 5.91 Å². The van der Waals surface area contributed by atoms with Gasteiger partial charge in [-0.15, -0.1) is 0 Å². The minimum absolute atomic E-state index is 0.320. The highest BCUT2D eigenvalue weighted by atomic mass is 35.5. The Bertz CT molecular complexity index is 1470. The van der Waals surface area contributed by atoms with Crippen molar-refractivity contribution in [3.8, 4) is 5.75 Å². The molecule has 190 valence electrons. The fourth-order valence-corrected chi connectivity index (χ4v) is 4.11. The quantitative estimate of drug-likeness (QED) is 0.294. The highest BCUT2D eigenvalue weighted by Gasteiger charge is 2.16. The number of primary amides is 1. The van der Waals surface area contributed by atoms with Gasteiger partial charge in [0.15, 0.2) is 5.82 Å². The van der Waals surface area contributed by atoms with E-state index >= 15 is 0 Å². The molecule has 3 N–H and O–H groups in total. The molecule has 0 aliphatic heterocycles. The first-order valence-electron chi connectivity index (χ1n) is 11.6. The Morgan fingerprint density at radius 1 is 1.08 bits per heavy atom. The number of rotatable bonds is 9. The van der Waals surface area contributed by atoms with Crippen molar-refractivity contribution in [2.24, 2.45) is 5.73 Å². The van der Waals surface area contributed by atoms with Gasteiger partial charge in [-0.1, -0.05) is 54.1 Å². The first-order valence-corrected chi connectivity index (χ1v) is 12.0. The number of halogens is 1. The van der Waals surface area contributed by atoms with E-state index in [4.69, 9.17) is 22.1 Å². The van der Waals surface area contributed by atoms with Gasteiger partial charge in [0.05, 0.1) is 19.0 Å². The van der Waals surface area contributed by atoms with Crippen molar-refractivity contribution in [1.82, 2.24) is 14.9 Å². The van der Waals surface area contributed by atoms with Crippen LogP contribution in [0.5, 0.6) is 5.75 Å². The number of benzene rings is 3. The highest BCUT2D eigenvalue weighted by molar-refractivity contribution is 6.33. The molecule has 4 rings (SSSR count). The smallest absolute Gasteiger partial charge is 0.249 e. The molecule has 0 saturated heterocycles. The first kappa shape index (κ1) is 25.9. The van der Waals surface area contributed by atoms with Gasteiger partial charge in [-0.05, 0) is 54.7 Å². The van der Waals surface area contributed by atoms with Gasteiger partial charge in [0.25, 0.3) is 0 Å². The number of likely N-dealkylation sites (N-methyl/N-ethyl adjacent to an activating group) is 1. The van der Waals surface area contributed by atoms with Gasteiger partial charge in [0.1, 0.15) is 10.8 Å². The van der Waals surface area contributed by atoms with Crippen molar-refractivity contribution >= 4 is 57.0 Å². The summed E-state index contributed by atoms with van der Waals surface area (Å²) in [6.45, 7) is 0.567. The van der Waals surface area contributed by atoms with E-state index in [1.165, 1.54) is 0 Å². The molecular formula is C28H29ClN6O2. The maximum atomic E-state index is 12.1. The van der Waals surface area contributed by atoms with E-state index in [0.717, 1.165) is 16.5 Å². The number of nitrogens with two attached hydrogens (primary N) is 1. The summed E-state index contributed by atoms with van der Waals surface area (Å²) < 4.78 is 5.52. The third kappa shape index (κ3) is 5.99. The molecule has 1 heterocycles. The SMILES string of the molecule is COc1ccc(C(=CCN(C)C)C(N)=O)cc1Nc1ncc(Cl)c(N(C)c2ccc3ccccc3c2)n1. The van der Waals surface area contributed by atoms with Gasteiger partial charge >= 0.3 is 0 Å². The predicted octanol–water partition coefficient (Wildman–Crippen LogP) is 5.23. The van der Waals surface area contributed by atoms with Crippen molar-refractivity contribution in [3.05, 3.63) is 83.5 Å². The predicted molar refractivity (Wildman–Crippen MR) is 151 cm³/mol. The lowest BCUT2D eigenvalue weighted by Crippen LogP contribution is -2.17. The molecule has 0 aliphatic carbocycles. The zero-order valence-corrected chi connectivity index (χ0v) is 22.0. The number of fused-ring (bicyclic) bond motifs is 1. The molecule has 0 fully saturated rings. The van der Waals surface area contributed by atoms with Crippen molar-refractivity contribution < 1.29 is 9.53 Å². The van der Waals surface area contributed by atoms with Crippen LogP contribution in [0.25, 0.3) is 16.3 Å². The van der Waals surface area contributed by atoms with Crippen LogP contribution < -0.4 is 20.7 Å². The molecule has 0 spiro atoms. The maximum Gasteiger partial charge on any atom is 0.249 e. The second-order valence-electron chi connectivity index (χ2n) is 8.74. The van der Waals surface area contributed by atoms with E-state index in [2.05, 4.69) is 39.6 Å². The van der Waals surface area contributed by atoms with Crippen LogP contribution in [-0.4, -0.2) is 55.6 Å². The van der Waals surface area contributed by atoms with Crippen LogP contribution >= 0.6 is 11.6 Å². The van der Waals surface area contributed by atoms with Crippen LogP contribution in [0.1, 0.15) is 5.56 Å². The summed E-state index contributed by atoms with van der Waals surface area (Å²) in [6, 6.07) is 19.7. The van der Waals surface area contributed by atoms with E-state index in [-0.39, 0.29) is 0 Å². The Morgan fingerprint density at radius 2 is 1.84 bits per heavy atom. The fourth-order valence-electron chi connectivity index (χ4n) is 3.89. The number of ether oxygens (including phenoxy) is 1. The summed E-state index contributed by atoms with van der Waals surface area (Å²) >= 11 is 6.50. The minimum Gasteiger partial charge on any atom is -0.495 e. The van der Waals surface area contributed by atoms with Gasteiger partial charge in [-0.3, -0.25) is 4.79 Å². The maximum absolute atomic E-state index is 12.1. The third-order valence-corrected chi connectivity index (χ3v) is 6.11. The number of methoxy groups -OCH3 is 1. The molecule has 0 bridgehead atoms. The van der Waals surface area contributed by atoms with Crippen LogP contribution in [0.15, 0.2) is 72.9 Å². The first-order chi connectivity index (χ1) is 17.8. The number of carbonyl (C=O) groups is 1. The number of nitrogens with one attached hydrogen (secondary N) is 1. The molecule has 4 aromatic rings. The molecule has 9 heteroatoms. The fraction of sp³-hybridized carbons (Fsp3) is 0.179. The molecule has 0 atom stereocenters. The van der Waals surface area contributed by atoms with Gasteiger partial charge < -0.3 is 25.6 Å². The summed E-state index contributed by atoms with van der Waals surface area (Å²) in [5.74, 6) is 0.900. The van der Waals surface area contributed by atoms with Crippen molar-refractivity contribution in [2.75, 3.05) is 45.0 Å². The summed E-state index contributed by atoms with van der Waals surface area (Å²) in [7, 11) is 7.30. The van der Waals surface area contributed by atoms with Crippen LogP contribution in [0, 0.1) is 0 Å². The van der Waals surface area contributed by atoms with Crippen LogP contribution in [0.2, 0.25) is 5.02 Å². The summed E-state index contributed by atoms with van der Waals surface area (Å²) in [6.07, 6.45) is 3.34. The zero-order chi connectivity index (χ0) is 26.5. The van der Waals surface area contributed by atoms with Gasteiger partial charge in [-0.2, -0.15) is 4.98 Å². The van der Waals surface area contributed by atoms with Gasteiger partial charge in [0.2, 0.25) is 11.9 Å². The molecule has 3 aromatic carbocycles. The minimum atomic E-state index is -0.514. The second kappa shape index (κ2) is 11.3. The number of hydrogen-bond acceptors (Lipinski definition) is 7. The number of nitrogens with zero attached hydrogens (tertiary/aromatic N) is 4. The molecule has 0 unspecified atom stereocenters. The third-order valence-electron chi connectivity index (χ3n) is 5.85. The average molecular weight is 517 g/mol. The Hall–Kier alpha value is -4.14. The highest BCUT2D eigenvalue weighted by Crippen LogP contribution is 2.34. The Balaban J connectivity index is 1.67. The summed E-state index contributed by atoms with van der Waals surface area (Å²) in [5, 5.41) is 5.88. The molecule has 8 nitrogen and oxygen atoms in total. The van der Waals surface area contributed by atoms with Crippen LogP contribution in [0.3, 0.4) is 0 Å². The van der Waals surface area contributed by atoms with E-state index in [0.29, 0.717) is 45.9 Å². The molecular weight excluding hydrogens is 488 g/mol. The van der Waals surface area contributed by atoms with E-state index in [1.807, 2.05) is 49.1 Å². The molecule has 0 saturated carbocycles. The number of amides is 1. The van der Waals surface area contributed by atoms with Crippen LogP contribution in [0.4, 0.5) is 23.1 Å². The standard InChI is InChI=1S/C28H29ClN6O2/c1-34(2)14-13-22(26(30)36)20-10-12-25(37-4)24(16-20)32-28-31-17-23(29)27(33-28)35(3)21-11-9-18-7-5-6-8-19(18)15-21/h5-13,15-17H,14H2,1-4H3,(H2,30,36)(H,31,32,33). The number of hydrogen-bond donors (Lipinski definition) is 2. The normalized spacial score (nSPS) is 11.6. The average Bonchev–Trinajstić information content (AvgIpc) is 2.89. The number of carbonyl (C=O) groups excluding carboxylic acids is 1. The van der Waals surface area contributed by atoms with E-state index in [9.17, 15) is 4.79 Å². The molecule has 1 aromatic heterocycles. The largest absolute Gasteiger partial charge is 0.495 e. The Labute approximate surface area is 221 Å². The second-order valence-corrected chi connectivity index (χ2v) is 9.15. The Kier molecular flexibility index (Phi) is 7.91. The van der Waals surface area contributed by atoms with E-state index in [1.54, 1.807) is 37.6 Å². The monoisotopic (exact) mass is 516 g/mol. The van der Waals surface area contributed by atoms with Gasteiger partial charge in [-0.25, -0.2) is 4.98 Å². The summed E-state index contributed by atoms with van der Waals surface area (Å²) in [5.41, 5.74) is 8.24. The van der Waals surface area contributed by atoms with Gasteiger partial charge in [0, 0.05) is 24.9 Å². The van der Waals surface area contributed by atoms with Crippen molar-refractivity contribution in [1.29, 1.82) is 0 Å². The molecule has 1 amide bonds. The number of anilines is 4. The molecule has 0 aliphatic rings. The lowest BCUT2D eigenvalue weighted by atomic mass is 10.0. The van der Waals surface area contributed by atoms with Crippen LogP contribution in [-0.2, 0) is 4.79 Å². The lowest BCUT2D eigenvalue weighted by Gasteiger charge is -2.21. The zero-order valence-electron chi connectivity index (χ0n) is 21.2.